The molecule has 0 fully saturated rings. The van der Waals surface area contributed by atoms with Crippen LogP contribution < -0.4 is 4.80 Å². The topological polar surface area (TPSA) is 49.9 Å². The molecule has 3 aromatic rings. The fourth-order valence-corrected chi connectivity index (χ4v) is 2.86. The SMILES string of the molecule is Cn1/c(=N/N=C/c2ccc(O)cc2)sc2ccccc21. The maximum absolute atomic E-state index is 9.21. The van der Waals surface area contributed by atoms with Gasteiger partial charge < -0.3 is 9.67 Å². The van der Waals surface area contributed by atoms with Crippen LogP contribution in [-0.2, 0) is 7.05 Å². The van der Waals surface area contributed by atoms with Crippen molar-refractivity contribution >= 4 is 27.8 Å². The van der Waals surface area contributed by atoms with E-state index in [0.29, 0.717) is 0 Å². The molecule has 2 aromatic carbocycles. The molecule has 0 spiro atoms. The third-order valence-corrected chi connectivity index (χ3v) is 4.06. The first-order chi connectivity index (χ1) is 9.74. The molecule has 1 aromatic heterocycles. The van der Waals surface area contributed by atoms with Gasteiger partial charge in [-0.2, -0.15) is 5.10 Å². The van der Waals surface area contributed by atoms with Gasteiger partial charge in [0.2, 0.25) is 4.80 Å². The monoisotopic (exact) mass is 283 g/mol. The standard InChI is InChI=1S/C15H13N3OS/c1-18-13-4-2-3-5-14(13)20-15(18)17-16-10-11-6-8-12(19)9-7-11/h2-10,19H,1H3/b16-10+,17-15-. The number of phenolic OH excluding ortho intramolecular Hbond substituents is 1. The maximum Gasteiger partial charge on any atom is 0.211 e. The molecule has 0 atom stereocenters. The molecule has 0 saturated heterocycles. The van der Waals surface area contributed by atoms with E-state index in [0.717, 1.165) is 15.9 Å². The van der Waals surface area contributed by atoms with Gasteiger partial charge >= 0.3 is 0 Å². The van der Waals surface area contributed by atoms with E-state index in [-0.39, 0.29) is 5.75 Å². The highest BCUT2D eigenvalue weighted by molar-refractivity contribution is 7.16. The van der Waals surface area contributed by atoms with Crippen molar-refractivity contribution < 1.29 is 5.11 Å². The average Bonchev–Trinajstić information content (AvgIpc) is 2.78. The first-order valence-electron chi connectivity index (χ1n) is 6.15. The molecule has 0 saturated carbocycles. The number of nitrogens with zero attached hydrogens (tertiary/aromatic N) is 3. The highest BCUT2D eigenvalue weighted by atomic mass is 32.1. The molecular weight excluding hydrogens is 270 g/mol. The summed E-state index contributed by atoms with van der Waals surface area (Å²) >= 11 is 1.60. The van der Waals surface area contributed by atoms with E-state index in [9.17, 15) is 5.11 Å². The summed E-state index contributed by atoms with van der Waals surface area (Å²) in [6.07, 6.45) is 1.67. The normalized spacial score (nSPS) is 12.6. The van der Waals surface area contributed by atoms with Crippen LogP contribution in [0, 0.1) is 0 Å². The van der Waals surface area contributed by atoms with Gasteiger partial charge in [-0.25, -0.2) is 0 Å². The summed E-state index contributed by atoms with van der Waals surface area (Å²) < 4.78 is 3.21. The van der Waals surface area contributed by atoms with Crippen molar-refractivity contribution in [1.29, 1.82) is 0 Å². The van der Waals surface area contributed by atoms with E-state index in [2.05, 4.69) is 22.3 Å². The van der Waals surface area contributed by atoms with Crippen molar-refractivity contribution in [1.82, 2.24) is 4.57 Å². The Morgan fingerprint density at radius 3 is 2.60 bits per heavy atom. The number of thiazole rings is 1. The Balaban J connectivity index is 1.94. The second-order valence-corrected chi connectivity index (χ2v) is 5.36. The molecule has 3 rings (SSSR count). The van der Waals surface area contributed by atoms with E-state index in [1.165, 1.54) is 4.70 Å². The number of fused-ring (bicyclic) bond motifs is 1. The van der Waals surface area contributed by atoms with Crippen molar-refractivity contribution in [3.8, 4) is 5.75 Å². The highest BCUT2D eigenvalue weighted by Crippen LogP contribution is 2.15. The Morgan fingerprint density at radius 2 is 1.85 bits per heavy atom. The van der Waals surface area contributed by atoms with E-state index >= 15 is 0 Å². The van der Waals surface area contributed by atoms with Crippen LogP contribution >= 0.6 is 11.3 Å². The lowest BCUT2D eigenvalue weighted by Gasteiger charge is -1.93. The second-order valence-electron chi connectivity index (χ2n) is 4.35. The van der Waals surface area contributed by atoms with Gasteiger partial charge in [-0.15, -0.1) is 5.10 Å². The lowest BCUT2D eigenvalue weighted by atomic mass is 10.2. The first-order valence-corrected chi connectivity index (χ1v) is 6.96. The fourth-order valence-electron chi connectivity index (χ4n) is 1.88. The Bertz CT molecular complexity index is 828. The number of benzene rings is 2. The van der Waals surface area contributed by atoms with Crippen LogP contribution in [0.4, 0.5) is 0 Å². The molecule has 20 heavy (non-hydrogen) atoms. The third-order valence-electron chi connectivity index (χ3n) is 2.96. The Kier molecular flexibility index (Phi) is 3.35. The minimum atomic E-state index is 0.245. The Labute approximate surface area is 120 Å². The molecule has 1 N–H and O–H groups in total. The van der Waals surface area contributed by atoms with Crippen LogP contribution in [0.1, 0.15) is 5.56 Å². The molecule has 4 nitrogen and oxygen atoms in total. The lowest BCUT2D eigenvalue weighted by Crippen LogP contribution is -2.08. The van der Waals surface area contributed by atoms with E-state index in [1.807, 2.05) is 23.7 Å². The number of hydrogen-bond acceptors (Lipinski definition) is 4. The number of hydrogen-bond donors (Lipinski definition) is 1. The molecule has 1 heterocycles. The van der Waals surface area contributed by atoms with Gasteiger partial charge in [-0.05, 0) is 42.0 Å². The van der Waals surface area contributed by atoms with E-state index < -0.39 is 0 Å². The second kappa shape index (κ2) is 5.30. The van der Waals surface area contributed by atoms with Crippen LogP contribution in [0.5, 0.6) is 5.75 Å². The molecule has 0 aliphatic heterocycles. The molecule has 0 bridgehead atoms. The predicted octanol–water partition coefficient (Wildman–Crippen LogP) is 2.88. The van der Waals surface area contributed by atoms with Gasteiger partial charge in [0, 0.05) is 7.05 Å². The lowest BCUT2D eigenvalue weighted by molar-refractivity contribution is 0.475. The first kappa shape index (κ1) is 12.6. The molecule has 5 heteroatoms. The van der Waals surface area contributed by atoms with Crippen LogP contribution in [0.3, 0.4) is 0 Å². The number of aryl methyl sites for hydroxylation is 1. The van der Waals surface area contributed by atoms with Crippen LogP contribution in [0.2, 0.25) is 0 Å². The third kappa shape index (κ3) is 2.48. The van der Waals surface area contributed by atoms with E-state index in [1.54, 1.807) is 41.8 Å². The Morgan fingerprint density at radius 1 is 1.10 bits per heavy atom. The fraction of sp³-hybridized carbons (Fsp3) is 0.0667. The predicted molar refractivity (Wildman–Crippen MR) is 82.1 cm³/mol. The number of para-hydroxylation sites is 1. The van der Waals surface area contributed by atoms with Crippen molar-refractivity contribution in [3.05, 3.63) is 58.9 Å². The zero-order valence-electron chi connectivity index (χ0n) is 10.9. The molecule has 100 valence electrons. The van der Waals surface area contributed by atoms with E-state index in [4.69, 9.17) is 0 Å². The molecule has 0 aliphatic rings. The number of phenols is 1. The largest absolute Gasteiger partial charge is 0.508 e. The molecule has 0 amide bonds. The van der Waals surface area contributed by atoms with Gasteiger partial charge in [0.05, 0.1) is 16.4 Å². The number of rotatable bonds is 2. The quantitative estimate of drug-likeness (QED) is 0.570. The average molecular weight is 283 g/mol. The molecule has 0 radical (unpaired) electrons. The van der Waals surface area contributed by atoms with Gasteiger partial charge in [-0.3, -0.25) is 0 Å². The highest BCUT2D eigenvalue weighted by Gasteiger charge is 2.00. The summed E-state index contributed by atoms with van der Waals surface area (Å²) in [7, 11) is 1.98. The van der Waals surface area contributed by atoms with Gasteiger partial charge in [0.15, 0.2) is 0 Å². The number of aromatic hydroxyl groups is 1. The summed E-state index contributed by atoms with van der Waals surface area (Å²) in [5, 5.41) is 17.6. The summed E-state index contributed by atoms with van der Waals surface area (Å²) in [5.74, 6) is 0.245. The zero-order valence-corrected chi connectivity index (χ0v) is 11.7. The minimum Gasteiger partial charge on any atom is -0.508 e. The summed E-state index contributed by atoms with van der Waals surface area (Å²) in [6.45, 7) is 0. The summed E-state index contributed by atoms with van der Waals surface area (Å²) in [4.78, 5) is 0.848. The van der Waals surface area contributed by atoms with Crippen LogP contribution in [0.15, 0.2) is 58.7 Å². The molecule has 0 unspecified atom stereocenters. The van der Waals surface area contributed by atoms with Crippen LogP contribution in [0.25, 0.3) is 10.2 Å². The van der Waals surface area contributed by atoms with Crippen molar-refractivity contribution in [2.75, 3.05) is 0 Å². The summed E-state index contributed by atoms with van der Waals surface area (Å²) in [6, 6.07) is 15.0. The maximum atomic E-state index is 9.21. The van der Waals surface area contributed by atoms with Crippen molar-refractivity contribution in [2.24, 2.45) is 17.3 Å². The smallest absolute Gasteiger partial charge is 0.211 e. The van der Waals surface area contributed by atoms with Gasteiger partial charge in [0.25, 0.3) is 0 Å². The Hall–Kier alpha value is -2.40. The summed E-state index contributed by atoms with van der Waals surface area (Å²) in [5.41, 5.74) is 2.05. The van der Waals surface area contributed by atoms with Crippen LogP contribution in [-0.4, -0.2) is 15.9 Å². The van der Waals surface area contributed by atoms with Gasteiger partial charge in [-0.1, -0.05) is 23.5 Å². The molecule has 0 aliphatic carbocycles. The van der Waals surface area contributed by atoms with Crippen molar-refractivity contribution in [2.45, 2.75) is 0 Å². The van der Waals surface area contributed by atoms with Crippen molar-refractivity contribution in [3.63, 3.8) is 0 Å². The minimum absolute atomic E-state index is 0.245. The number of aromatic nitrogens is 1. The molecular formula is C15H13N3OS. The van der Waals surface area contributed by atoms with Gasteiger partial charge in [0.1, 0.15) is 5.75 Å². The zero-order chi connectivity index (χ0) is 13.9.